The van der Waals surface area contributed by atoms with Gasteiger partial charge in [-0.2, -0.15) is 0 Å². The van der Waals surface area contributed by atoms with E-state index in [-0.39, 0.29) is 27.5 Å². The molecule has 0 aliphatic carbocycles. The minimum atomic E-state index is -0.565. The maximum absolute atomic E-state index is 10.9. The smallest absolute Gasteiger partial charge is 0.312 e. The standard InChI is InChI=1S/C10H4BrCl2N3O3/c11-5-2-1-3-6(16(17)18)9(5)19-7-4-8(12)14-15-10(7)13/h1-4H. The number of nitro benzene ring substituents is 1. The van der Waals surface area contributed by atoms with Crippen LogP contribution in [0, 0.1) is 10.1 Å². The normalized spacial score (nSPS) is 10.3. The zero-order valence-corrected chi connectivity index (χ0v) is 12.1. The quantitative estimate of drug-likeness (QED) is 0.601. The Morgan fingerprint density at radius 1 is 1.32 bits per heavy atom. The summed E-state index contributed by atoms with van der Waals surface area (Å²) in [5, 5.41) is 18.0. The largest absolute Gasteiger partial charge is 0.445 e. The second-order valence-corrected chi connectivity index (χ2v) is 4.87. The van der Waals surface area contributed by atoms with E-state index in [0.717, 1.165) is 0 Å². The van der Waals surface area contributed by atoms with Crippen molar-refractivity contribution in [3.05, 3.63) is 49.2 Å². The van der Waals surface area contributed by atoms with Crippen LogP contribution in [-0.2, 0) is 0 Å². The van der Waals surface area contributed by atoms with E-state index >= 15 is 0 Å². The summed E-state index contributed by atoms with van der Waals surface area (Å²) in [6.07, 6.45) is 0. The lowest BCUT2D eigenvalue weighted by molar-refractivity contribution is -0.385. The molecule has 98 valence electrons. The van der Waals surface area contributed by atoms with Gasteiger partial charge in [0.05, 0.1) is 9.40 Å². The highest BCUT2D eigenvalue weighted by molar-refractivity contribution is 9.10. The van der Waals surface area contributed by atoms with Crippen LogP contribution in [0.5, 0.6) is 11.5 Å². The molecule has 6 nitrogen and oxygen atoms in total. The minimum absolute atomic E-state index is 0.0125. The van der Waals surface area contributed by atoms with Gasteiger partial charge in [-0.05, 0) is 22.0 Å². The van der Waals surface area contributed by atoms with Gasteiger partial charge in [-0.25, -0.2) is 0 Å². The highest BCUT2D eigenvalue weighted by Crippen LogP contribution is 2.39. The molecule has 19 heavy (non-hydrogen) atoms. The molecule has 0 radical (unpaired) electrons. The Morgan fingerprint density at radius 2 is 2.05 bits per heavy atom. The van der Waals surface area contributed by atoms with Crippen molar-refractivity contribution >= 4 is 44.8 Å². The highest BCUT2D eigenvalue weighted by Gasteiger charge is 2.20. The first-order chi connectivity index (χ1) is 8.99. The van der Waals surface area contributed by atoms with Gasteiger partial charge in [0.2, 0.25) is 5.75 Å². The average Bonchev–Trinajstić information content (AvgIpc) is 2.35. The molecule has 0 spiro atoms. The lowest BCUT2D eigenvalue weighted by Crippen LogP contribution is -1.96. The summed E-state index contributed by atoms with van der Waals surface area (Å²) in [5.74, 6) is 0.0927. The van der Waals surface area contributed by atoms with Gasteiger partial charge in [0.25, 0.3) is 0 Å². The zero-order valence-electron chi connectivity index (χ0n) is 9.01. The maximum atomic E-state index is 10.9. The van der Waals surface area contributed by atoms with Gasteiger partial charge in [0, 0.05) is 12.1 Å². The molecule has 0 unspecified atom stereocenters. The third-order valence-corrected chi connectivity index (χ3v) is 3.11. The predicted molar refractivity (Wildman–Crippen MR) is 72.9 cm³/mol. The summed E-state index contributed by atoms with van der Waals surface area (Å²) in [4.78, 5) is 10.4. The molecular formula is C10H4BrCl2N3O3. The lowest BCUT2D eigenvalue weighted by atomic mass is 10.3. The van der Waals surface area contributed by atoms with Crippen LogP contribution in [-0.4, -0.2) is 15.1 Å². The molecule has 0 atom stereocenters. The van der Waals surface area contributed by atoms with Crippen LogP contribution in [0.25, 0.3) is 0 Å². The van der Waals surface area contributed by atoms with E-state index in [9.17, 15) is 10.1 Å². The molecule has 1 aromatic carbocycles. The van der Waals surface area contributed by atoms with Crippen molar-refractivity contribution < 1.29 is 9.66 Å². The van der Waals surface area contributed by atoms with Crippen molar-refractivity contribution in [2.45, 2.75) is 0 Å². The first-order valence-electron chi connectivity index (χ1n) is 4.78. The van der Waals surface area contributed by atoms with Crippen LogP contribution < -0.4 is 4.74 Å². The molecule has 2 rings (SSSR count). The average molecular weight is 365 g/mol. The fourth-order valence-corrected chi connectivity index (χ4v) is 1.97. The molecule has 1 aromatic heterocycles. The van der Waals surface area contributed by atoms with Crippen LogP contribution in [0.2, 0.25) is 10.3 Å². The van der Waals surface area contributed by atoms with Gasteiger partial charge in [-0.3, -0.25) is 10.1 Å². The lowest BCUT2D eigenvalue weighted by Gasteiger charge is -2.08. The van der Waals surface area contributed by atoms with Crippen molar-refractivity contribution in [2.24, 2.45) is 0 Å². The second kappa shape index (κ2) is 5.68. The van der Waals surface area contributed by atoms with Gasteiger partial charge in [-0.15, -0.1) is 10.2 Å². The summed E-state index contributed by atoms with van der Waals surface area (Å²) >= 11 is 14.6. The Labute approximate surface area is 125 Å². The van der Waals surface area contributed by atoms with Crippen LogP contribution in [0.1, 0.15) is 0 Å². The first-order valence-corrected chi connectivity index (χ1v) is 6.33. The van der Waals surface area contributed by atoms with E-state index in [1.54, 1.807) is 6.07 Å². The molecule has 0 bridgehead atoms. The molecule has 0 fully saturated rings. The van der Waals surface area contributed by atoms with E-state index < -0.39 is 4.92 Å². The molecule has 0 saturated heterocycles. The van der Waals surface area contributed by atoms with Crippen LogP contribution >= 0.6 is 39.1 Å². The van der Waals surface area contributed by atoms with Gasteiger partial charge in [0.1, 0.15) is 0 Å². The first kappa shape index (κ1) is 14.0. The maximum Gasteiger partial charge on any atom is 0.312 e. The summed E-state index contributed by atoms with van der Waals surface area (Å²) in [7, 11) is 0. The third kappa shape index (κ3) is 3.12. The molecule has 1 heterocycles. The summed E-state index contributed by atoms with van der Waals surface area (Å²) < 4.78 is 5.81. The topological polar surface area (TPSA) is 78.2 Å². The van der Waals surface area contributed by atoms with Crippen LogP contribution in [0.3, 0.4) is 0 Å². The van der Waals surface area contributed by atoms with E-state index in [1.165, 1.54) is 18.2 Å². The number of benzene rings is 1. The van der Waals surface area contributed by atoms with Gasteiger partial charge in [0.15, 0.2) is 16.1 Å². The number of hydrogen-bond donors (Lipinski definition) is 0. The summed E-state index contributed by atoms with van der Waals surface area (Å²) in [6.45, 7) is 0. The molecule has 0 amide bonds. The SMILES string of the molecule is O=[N+]([O-])c1cccc(Br)c1Oc1cc(Cl)nnc1Cl. The fraction of sp³-hybridized carbons (Fsp3) is 0. The number of rotatable bonds is 3. The Kier molecular flexibility index (Phi) is 4.18. The van der Waals surface area contributed by atoms with Gasteiger partial charge in [-0.1, -0.05) is 29.3 Å². The number of nitro groups is 1. The third-order valence-electron chi connectivity index (χ3n) is 2.04. The van der Waals surface area contributed by atoms with E-state index in [2.05, 4.69) is 26.1 Å². The van der Waals surface area contributed by atoms with E-state index in [1.807, 2.05) is 0 Å². The Balaban J connectivity index is 2.49. The number of hydrogen-bond acceptors (Lipinski definition) is 5. The van der Waals surface area contributed by atoms with Crippen molar-refractivity contribution in [1.29, 1.82) is 0 Å². The molecule has 0 saturated carbocycles. The number of nitrogens with zero attached hydrogens (tertiary/aromatic N) is 3. The van der Waals surface area contributed by atoms with Crippen molar-refractivity contribution in [3.63, 3.8) is 0 Å². The molecular weight excluding hydrogens is 361 g/mol. The van der Waals surface area contributed by atoms with Crippen LogP contribution in [0.4, 0.5) is 5.69 Å². The van der Waals surface area contributed by atoms with Crippen molar-refractivity contribution in [3.8, 4) is 11.5 Å². The van der Waals surface area contributed by atoms with E-state index in [0.29, 0.717) is 4.47 Å². The molecule has 0 N–H and O–H groups in total. The minimum Gasteiger partial charge on any atom is -0.445 e. The van der Waals surface area contributed by atoms with Crippen molar-refractivity contribution in [1.82, 2.24) is 10.2 Å². The Hall–Kier alpha value is -1.44. The number of halogens is 3. The Bertz CT molecular complexity index is 654. The number of ether oxygens (including phenoxy) is 1. The summed E-state index contributed by atoms with van der Waals surface area (Å²) in [5.41, 5.74) is -0.210. The number of para-hydroxylation sites is 1. The molecule has 0 aliphatic rings. The fourth-order valence-electron chi connectivity index (χ4n) is 1.26. The summed E-state index contributed by atoms with van der Waals surface area (Å²) in [6, 6.07) is 5.76. The molecule has 2 aromatic rings. The number of aromatic nitrogens is 2. The monoisotopic (exact) mass is 363 g/mol. The van der Waals surface area contributed by atoms with Crippen molar-refractivity contribution in [2.75, 3.05) is 0 Å². The highest BCUT2D eigenvalue weighted by atomic mass is 79.9. The molecule has 0 aliphatic heterocycles. The van der Waals surface area contributed by atoms with Gasteiger partial charge >= 0.3 is 5.69 Å². The van der Waals surface area contributed by atoms with Gasteiger partial charge < -0.3 is 4.74 Å². The molecule has 9 heteroatoms. The Morgan fingerprint density at radius 3 is 2.74 bits per heavy atom. The second-order valence-electron chi connectivity index (χ2n) is 3.27. The predicted octanol–water partition coefficient (Wildman–Crippen LogP) is 4.25. The zero-order chi connectivity index (χ0) is 14.0. The van der Waals surface area contributed by atoms with Crippen LogP contribution in [0.15, 0.2) is 28.7 Å². The van der Waals surface area contributed by atoms with E-state index in [4.69, 9.17) is 27.9 Å².